The summed E-state index contributed by atoms with van der Waals surface area (Å²) < 4.78 is 40.4. The first-order valence-electron chi connectivity index (χ1n) is 8.56. The molecule has 0 fully saturated rings. The van der Waals surface area contributed by atoms with Crippen molar-refractivity contribution in [3.8, 4) is 5.69 Å². The molecule has 4 rings (SSSR count). The maximum Gasteiger partial charge on any atom is 0.416 e. The van der Waals surface area contributed by atoms with E-state index in [-0.39, 0.29) is 11.6 Å². The van der Waals surface area contributed by atoms with E-state index in [1.165, 1.54) is 11.0 Å². The average Bonchev–Trinajstić information content (AvgIpc) is 3.17. The number of hydrogen-bond acceptors (Lipinski definition) is 2. The van der Waals surface area contributed by atoms with Crippen molar-refractivity contribution in [2.75, 3.05) is 11.4 Å². The Kier molecular flexibility index (Phi) is 4.22. The first-order chi connectivity index (χ1) is 12.9. The van der Waals surface area contributed by atoms with E-state index in [0.29, 0.717) is 30.6 Å². The minimum Gasteiger partial charge on any atom is -0.307 e. The molecule has 1 aliphatic rings. The van der Waals surface area contributed by atoms with E-state index in [4.69, 9.17) is 0 Å². The van der Waals surface area contributed by atoms with Crippen LogP contribution in [0.2, 0.25) is 0 Å². The van der Waals surface area contributed by atoms with Gasteiger partial charge in [-0.3, -0.25) is 4.79 Å². The molecule has 0 N–H and O–H groups in total. The number of rotatable bonds is 2. The Labute approximate surface area is 153 Å². The number of carbonyl (C=O) groups excluding carboxylic acids is 1. The van der Waals surface area contributed by atoms with Crippen LogP contribution < -0.4 is 4.90 Å². The number of halogens is 3. The van der Waals surface area contributed by atoms with E-state index < -0.39 is 11.7 Å². The highest BCUT2D eigenvalue weighted by molar-refractivity contribution is 6.05. The number of aromatic nitrogens is 2. The Hall–Kier alpha value is -3.09. The average molecular weight is 371 g/mol. The monoisotopic (exact) mass is 371 g/mol. The number of fused-ring (bicyclic) bond motifs is 1. The zero-order valence-corrected chi connectivity index (χ0v) is 14.3. The van der Waals surface area contributed by atoms with Gasteiger partial charge in [0.2, 0.25) is 0 Å². The first kappa shape index (κ1) is 17.3. The van der Waals surface area contributed by atoms with Gasteiger partial charge in [-0.15, -0.1) is 0 Å². The molecule has 0 saturated heterocycles. The molecule has 2 heterocycles. The van der Waals surface area contributed by atoms with Crippen molar-refractivity contribution in [3.63, 3.8) is 0 Å². The molecular formula is C20H16F3N3O. The summed E-state index contributed by atoms with van der Waals surface area (Å²) in [6.07, 6.45) is -1.57. The third-order valence-electron chi connectivity index (χ3n) is 4.60. The predicted molar refractivity (Wildman–Crippen MR) is 95.0 cm³/mol. The number of hydrogen-bond donors (Lipinski definition) is 0. The van der Waals surface area contributed by atoms with Crippen LogP contribution in [0.1, 0.15) is 28.0 Å². The zero-order chi connectivity index (χ0) is 19.0. The van der Waals surface area contributed by atoms with E-state index in [0.717, 1.165) is 17.8 Å². The molecule has 0 atom stereocenters. The second-order valence-corrected chi connectivity index (χ2v) is 6.38. The largest absolute Gasteiger partial charge is 0.416 e. The Bertz CT molecular complexity index is 980. The number of nitrogens with zero attached hydrogens (tertiary/aromatic N) is 3. The zero-order valence-electron chi connectivity index (χ0n) is 14.3. The van der Waals surface area contributed by atoms with Crippen molar-refractivity contribution in [2.24, 2.45) is 0 Å². The van der Waals surface area contributed by atoms with Crippen LogP contribution in [-0.4, -0.2) is 22.2 Å². The Morgan fingerprint density at radius 3 is 2.56 bits per heavy atom. The SMILES string of the molecule is O=C(c1ccn(-c2ccccc2)n1)N1CCCc2cc(C(F)(F)F)ccc21. The van der Waals surface area contributed by atoms with Crippen LogP contribution in [-0.2, 0) is 12.6 Å². The molecule has 0 radical (unpaired) electrons. The number of carbonyl (C=O) groups is 1. The van der Waals surface area contributed by atoms with Gasteiger partial charge in [-0.25, -0.2) is 4.68 Å². The number of para-hydroxylation sites is 1. The molecule has 3 aromatic rings. The molecule has 1 aliphatic heterocycles. The van der Waals surface area contributed by atoms with Crippen molar-refractivity contribution < 1.29 is 18.0 Å². The molecule has 138 valence electrons. The van der Waals surface area contributed by atoms with Crippen molar-refractivity contribution in [3.05, 3.63) is 77.6 Å². The Morgan fingerprint density at radius 2 is 1.81 bits per heavy atom. The van der Waals surface area contributed by atoms with Crippen LogP contribution in [0.15, 0.2) is 60.8 Å². The van der Waals surface area contributed by atoms with E-state index in [1.807, 2.05) is 30.3 Å². The van der Waals surface area contributed by atoms with Gasteiger partial charge in [-0.2, -0.15) is 18.3 Å². The lowest BCUT2D eigenvalue weighted by Gasteiger charge is -2.29. The summed E-state index contributed by atoms with van der Waals surface area (Å²) in [5, 5.41) is 4.33. The van der Waals surface area contributed by atoms with Crippen LogP contribution in [0.3, 0.4) is 0 Å². The van der Waals surface area contributed by atoms with E-state index >= 15 is 0 Å². The number of benzene rings is 2. The maximum absolute atomic E-state index is 12.9. The summed E-state index contributed by atoms with van der Waals surface area (Å²) in [7, 11) is 0. The molecular weight excluding hydrogens is 355 g/mol. The van der Waals surface area contributed by atoms with E-state index in [9.17, 15) is 18.0 Å². The standard InChI is InChI=1S/C20H16F3N3O/c21-20(22,23)15-8-9-18-14(13-15)5-4-11-25(18)19(27)17-10-12-26(24-17)16-6-2-1-3-7-16/h1-3,6-10,12-13H,4-5,11H2. The molecule has 1 aromatic heterocycles. The molecule has 4 nitrogen and oxygen atoms in total. The lowest BCUT2D eigenvalue weighted by Crippen LogP contribution is -2.36. The number of amides is 1. The summed E-state index contributed by atoms with van der Waals surface area (Å²) in [5.41, 5.74) is 1.45. The smallest absolute Gasteiger partial charge is 0.307 e. The molecule has 0 saturated carbocycles. The lowest BCUT2D eigenvalue weighted by molar-refractivity contribution is -0.137. The molecule has 27 heavy (non-hydrogen) atoms. The summed E-state index contributed by atoms with van der Waals surface area (Å²) in [4.78, 5) is 14.4. The van der Waals surface area contributed by atoms with Gasteiger partial charge in [-0.05, 0) is 54.8 Å². The topological polar surface area (TPSA) is 38.1 Å². The first-order valence-corrected chi connectivity index (χ1v) is 8.56. The molecule has 2 aromatic carbocycles. The van der Waals surface area contributed by atoms with Gasteiger partial charge in [0.05, 0.1) is 11.3 Å². The van der Waals surface area contributed by atoms with Crippen molar-refractivity contribution in [1.29, 1.82) is 0 Å². The number of aryl methyl sites for hydroxylation is 1. The molecule has 0 spiro atoms. The summed E-state index contributed by atoms with van der Waals surface area (Å²) in [6.45, 7) is 0.454. The Morgan fingerprint density at radius 1 is 1.04 bits per heavy atom. The molecule has 0 aliphatic carbocycles. The van der Waals surface area contributed by atoms with Crippen LogP contribution in [0.5, 0.6) is 0 Å². The van der Waals surface area contributed by atoms with E-state index in [1.54, 1.807) is 16.9 Å². The Balaban J connectivity index is 1.64. The van der Waals surface area contributed by atoms with Gasteiger partial charge in [0.25, 0.3) is 5.91 Å². The highest BCUT2D eigenvalue weighted by Crippen LogP contribution is 2.35. The molecule has 7 heteroatoms. The minimum absolute atomic E-state index is 0.256. The van der Waals surface area contributed by atoms with Gasteiger partial charge in [0.15, 0.2) is 5.69 Å². The van der Waals surface area contributed by atoms with Crippen molar-refractivity contribution in [1.82, 2.24) is 9.78 Å². The third-order valence-corrected chi connectivity index (χ3v) is 4.60. The van der Waals surface area contributed by atoms with Crippen molar-refractivity contribution >= 4 is 11.6 Å². The predicted octanol–water partition coefficient (Wildman–Crippen LogP) is 4.48. The highest BCUT2D eigenvalue weighted by atomic mass is 19.4. The highest BCUT2D eigenvalue weighted by Gasteiger charge is 2.33. The fourth-order valence-corrected chi connectivity index (χ4v) is 3.29. The minimum atomic E-state index is -4.39. The molecule has 1 amide bonds. The quantitative estimate of drug-likeness (QED) is 0.666. The summed E-state index contributed by atoms with van der Waals surface area (Å²) in [6, 6.07) is 14.5. The van der Waals surface area contributed by atoms with Crippen LogP contribution in [0, 0.1) is 0 Å². The summed E-state index contributed by atoms with van der Waals surface area (Å²) in [5.74, 6) is -0.314. The second kappa shape index (κ2) is 6.57. The number of anilines is 1. The maximum atomic E-state index is 12.9. The number of alkyl halides is 3. The van der Waals surface area contributed by atoms with Gasteiger partial charge in [0.1, 0.15) is 0 Å². The van der Waals surface area contributed by atoms with Gasteiger partial charge < -0.3 is 4.90 Å². The fourth-order valence-electron chi connectivity index (χ4n) is 3.29. The van der Waals surface area contributed by atoms with Crippen LogP contribution >= 0.6 is 0 Å². The van der Waals surface area contributed by atoms with Crippen LogP contribution in [0.4, 0.5) is 18.9 Å². The van der Waals surface area contributed by atoms with Crippen molar-refractivity contribution in [2.45, 2.75) is 19.0 Å². The molecule has 0 bridgehead atoms. The lowest BCUT2D eigenvalue weighted by atomic mass is 9.98. The van der Waals surface area contributed by atoms with Gasteiger partial charge in [-0.1, -0.05) is 18.2 Å². The fraction of sp³-hybridized carbons (Fsp3) is 0.200. The van der Waals surface area contributed by atoms with Gasteiger partial charge in [0, 0.05) is 18.4 Å². The second-order valence-electron chi connectivity index (χ2n) is 6.38. The third kappa shape index (κ3) is 3.32. The molecule has 0 unspecified atom stereocenters. The van der Waals surface area contributed by atoms with Crippen LogP contribution in [0.25, 0.3) is 5.69 Å². The van der Waals surface area contributed by atoms with E-state index in [2.05, 4.69) is 5.10 Å². The summed E-state index contributed by atoms with van der Waals surface area (Å²) >= 11 is 0. The normalized spacial score (nSPS) is 14.1. The van der Waals surface area contributed by atoms with Gasteiger partial charge >= 0.3 is 6.18 Å².